The van der Waals surface area contributed by atoms with E-state index in [0.717, 1.165) is 31.2 Å². The molecule has 3 N–H and O–H groups in total. The van der Waals surface area contributed by atoms with Gasteiger partial charge in [-0.3, -0.25) is 9.59 Å². The van der Waals surface area contributed by atoms with Gasteiger partial charge in [0.25, 0.3) is 5.91 Å². The summed E-state index contributed by atoms with van der Waals surface area (Å²) in [5.74, 6) is 0.117. The number of benzene rings is 3. The van der Waals surface area contributed by atoms with Crippen molar-refractivity contribution < 1.29 is 19.1 Å². The van der Waals surface area contributed by atoms with E-state index < -0.39 is 6.04 Å². The summed E-state index contributed by atoms with van der Waals surface area (Å²) in [7, 11) is 3.01. The van der Waals surface area contributed by atoms with Gasteiger partial charge >= 0.3 is 0 Å². The number of rotatable bonds is 11. The van der Waals surface area contributed by atoms with Crippen LogP contribution in [0.15, 0.2) is 66.7 Å². The zero-order valence-corrected chi connectivity index (χ0v) is 23.2. The molecule has 4 rings (SSSR count). The van der Waals surface area contributed by atoms with Crippen LogP contribution < -0.4 is 25.4 Å². The number of halogens is 1. The first-order valence-corrected chi connectivity index (χ1v) is 13.8. The Labute approximate surface area is 235 Å². The van der Waals surface area contributed by atoms with Crippen LogP contribution in [0.2, 0.25) is 5.02 Å². The molecule has 39 heavy (non-hydrogen) atoms. The Hall–Kier alpha value is -3.71. The summed E-state index contributed by atoms with van der Waals surface area (Å²) < 4.78 is 11.2. The number of ether oxygens (including phenoxy) is 2. The standard InChI is InChI=1S/C31H36ClN3O4/c1-38-26-17-16-25(27(29(26)39-2)30(36)33-19-18-21-10-5-3-6-11-21)28(34-24-15-9-12-22(32)20-24)31(37)35-23-13-7-4-8-14-23/h3,5-6,9-12,15-17,20,23,28,34H,4,7-8,13-14,18-19H2,1-2H3,(H,33,36)(H,35,37). The van der Waals surface area contributed by atoms with E-state index in [4.69, 9.17) is 21.1 Å². The van der Waals surface area contributed by atoms with Crippen LogP contribution >= 0.6 is 11.6 Å². The molecule has 0 aromatic heterocycles. The van der Waals surface area contributed by atoms with E-state index in [0.29, 0.717) is 35.0 Å². The second kappa shape index (κ2) is 13.9. The summed E-state index contributed by atoms with van der Waals surface area (Å²) in [6.45, 7) is 0.420. The van der Waals surface area contributed by atoms with E-state index in [-0.39, 0.29) is 29.2 Å². The van der Waals surface area contributed by atoms with E-state index >= 15 is 0 Å². The number of carbonyl (C=O) groups excluding carboxylic acids is 2. The fraction of sp³-hybridized carbons (Fsp3) is 0.355. The molecule has 1 aliphatic rings. The lowest BCUT2D eigenvalue weighted by molar-refractivity contribution is -0.122. The Morgan fingerprint density at radius 3 is 2.41 bits per heavy atom. The Balaban J connectivity index is 1.69. The third-order valence-corrected chi connectivity index (χ3v) is 7.24. The molecule has 0 spiro atoms. The molecule has 2 amide bonds. The zero-order valence-electron chi connectivity index (χ0n) is 22.5. The van der Waals surface area contributed by atoms with Crippen LogP contribution in [0.1, 0.15) is 59.6 Å². The normalized spacial score (nSPS) is 14.2. The number of amides is 2. The molecule has 3 aromatic rings. The molecule has 1 saturated carbocycles. The van der Waals surface area contributed by atoms with Crippen molar-refractivity contribution in [3.8, 4) is 11.5 Å². The van der Waals surface area contributed by atoms with Crippen LogP contribution in [-0.2, 0) is 11.2 Å². The maximum absolute atomic E-state index is 13.8. The molecule has 0 radical (unpaired) electrons. The second-order valence-electron chi connectivity index (χ2n) is 9.69. The fourth-order valence-corrected chi connectivity index (χ4v) is 5.22. The minimum atomic E-state index is -0.875. The SMILES string of the molecule is COc1ccc(C(Nc2cccc(Cl)c2)C(=O)NC2CCCCC2)c(C(=O)NCCc2ccccc2)c1OC. The third-order valence-electron chi connectivity index (χ3n) is 7.01. The largest absolute Gasteiger partial charge is 0.493 e. The number of anilines is 1. The van der Waals surface area contributed by atoms with Gasteiger partial charge in [0.05, 0.1) is 19.8 Å². The van der Waals surface area contributed by atoms with Crippen molar-refractivity contribution >= 4 is 29.1 Å². The van der Waals surface area contributed by atoms with Gasteiger partial charge < -0.3 is 25.4 Å². The van der Waals surface area contributed by atoms with Crippen LogP contribution in [0.5, 0.6) is 11.5 Å². The molecular weight excluding hydrogens is 514 g/mol. The first kappa shape index (κ1) is 28.3. The minimum absolute atomic E-state index is 0.0956. The maximum Gasteiger partial charge on any atom is 0.255 e. The topological polar surface area (TPSA) is 88.7 Å². The van der Waals surface area contributed by atoms with Crippen molar-refractivity contribution in [1.82, 2.24) is 10.6 Å². The summed E-state index contributed by atoms with van der Waals surface area (Å²) in [6.07, 6.45) is 5.90. The average molecular weight is 550 g/mol. The molecule has 1 aliphatic carbocycles. The quantitative estimate of drug-likeness (QED) is 0.276. The number of carbonyl (C=O) groups is 2. The fourth-order valence-electron chi connectivity index (χ4n) is 5.03. The summed E-state index contributed by atoms with van der Waals surface area (Å²) in [6, 6.07) is 19.8. The van der Waals surface area contributed by atoms with Crippen molar-refractivity contribution in [2.24, 2.45) is 0 Å². The van der Waals surface area contributed by atoms with Crippen LogP contribution in [-0.4, -0.2) is 38.6 Å². The molecule has 1 unspecified atom stereocenters. The van der Waals surface area contributed by atoms with Gasteiger partial charge in [-0.05, 0) is 49.1 Å². The Morgan fingerprint density at radius 1 is 0.949 bits per heavy atom. The van der Waals surface area contributed by atoms with Gasteiger partial charge in [0.15, 0.2) is 11.5 Å². The molecule has 7 nitrogen and oxygen atoms in total. The molecule has 1 atom stereocenters. The molecule has 0 bridgehead atoms. The lowest BCUT2D eigenvalue weighted by atomic mass is 9.93. The number of hydrogen-bond acceptors (Lipinski definition) is 5. The Kier molecular flexibility index (Phi) is 10.1. The summed E-state index contributed by atoms with van der Waals surface area (Å²) in [5, 5.41) is 10.1. The van der Waals surface area contributed by atoms with Gasteiger partial charge in [-0.15, -0.1) is 0 Å². The highest BCUT2D eigenvalue weighted by atomic mass is 35.5. The van der Waals surface area contributed by atoms with E-state index in [1.54, 1.807) is 24.3 Å². The van der Waals surface area contributed by atoms with E-state index in [9.17, 15) is 9.59 Å². The van der Waals surface area contributed by atoms with Gasteiger partial charge in [0.1, 0.15) is 6.04 Å². The zero-order chi connectivity index (χ0) is 27.6. The van der Waals surface area contributed by atoms with Gasteiger partial charge in [0.2, 0.25) is 5.91 Å². The highest BCUT2D eigenvalue weighted by Gasteiger charge is 2.31. The Morgan fingerprint density at radius 2 is 1.72 bits per heavy atom. The summed E-state index contributed by atoms with van der Waals surface area (Å²) in [5.41, 5.74) is 2.51. The van der Waals surface area contributed by atoms with Gasteiger partial charge in [0, 0.05) is 28.9 Å². The predicted octanol–water partition coefficient (Wildman–Crippen LogP) is 5.93. The number of hydrogen-bond donors (Lipinski definition) is 3. The number of nitrogens with one attached hydrogen (secondary N) is 3. The van der Waals surface area contributed by atoms with Crippen molar-refractivity contribution in [2.45, 2.75) is 50.6 Å². The molecule has 1 fully saturated rings. The Bertz CT molecular complexity index is 1260. The van der Waals surface area contributed by atoms with E-state index in [1.165, 1.54) is 20.6 Å². The summed E-state index contributed by atoms with van der Waals surface area (Å²) in [4.78, 5) is 27.5. The van der Waals surface area contributed by atoms with E-state index in [1.807, 2.05) is 42.5 Å². The van der Waals surface area contributed by atoms with Crippen LogP contribution in [0.25, 0.3) is 0 Å². The van der Waals surface area contributed by atoms with Crippen molar-refractivity contribution in [3.05, 3.63) is 88.4 Å². The first-order chi connectivity index (χ1) is 19.0. The average Bonchev–Trinajstić information content (AvgIpc) is 2.96. The molecule has 0 saturated heterocycles. The predicted molar refractivity (Wildman–Crippen MR) is 155 cm³/mol. The second-order valence-corrected chi connectivity index (χ2v) is 10.1. The van der Waals surface area contributed by atoms with E-state index in [2.05, 4.69) is 16.0 Å². The lowest BCUT2D eigenvalue weighted by Crippen LogP contribution is -2.42. The molecule has 8 heteroatoms. The van der Waals surface area contributed by atoms with Crippen molar-refractivity contribution in [1.29, 1.82) is 0 Å². The molecule has 3 aromatic carbocycles. The molecule has 206 valence electrons. The monoisotopic (exact) mass is 549 g/mol. The lowest BCUT2D eigenvalue weighted by Gasteiger charge is -2.28. The smallest absolute Gasteiger partial charge is 0.255 e. The van der Waals surface area contributed by atoms with Crippen molar-refractivity contribution in [3.63, 3.8) is 0 Å². The molecule has 0 aliphatic heterocycles. The summed E-state index contributed by atoms with van der Waals surface area (Å²) >= 11 is 6.25. The van der Waals surface area contributed by atoms with Crippen molar-refractivity contribution in [2.75, 3.05) is 26.1 Å². The van der Waals surface area contributed by atoms with Crippen LogP contribution in [0, 0.1) is 0 Å². The molecule has 0 heterocycles. The highest BCUT2D eigenvalue weighted by Crippen LogP contribution is 2.37. The third kappa shape index (κ3) is 7.45. The van der Waals surface area contributed by atoms with Crippen LogP contribution in [0.3, 0.4) is 0 Å². The van der Waals surface area contributed by atoms with Gasteiger partial charge in [-0.2, -0.15) is 0 Å². The van der Waals surface area contributed by atoms with Gasteiger partial charge in [-0.25, -0.2) is 0 Å². The maximum atomic E-state index is 13.8. The first-order valence-electron chi connectivity index (χ1n) is 13.4. The number of methoxy groups -OCH3 is 2. The van der Waals surface area contributed by atoms with Gasteiger partial charge in [-0.1, -0.05) is 73.3 Å². The van der Waals surface area contributed by atoms with Crippen LogP contribution in [0.4, 0.5) is 5.69 Å². The minimum Gasteiger partial charge on any atom is -0.493 e. The highest BCUT2D eigenvalue weighted by molar-refractivity contribution is 6.30. The molecular formula is C31H36ClN3O4.